The minimum absolute atomic E-state index is 0.0833. The SMILES string of the molecule is CCCN(CC(=O)N1CCc2sccc2[C@H]1COc1cccc(F)c1)C(=O)c1ccc(F)cc1. The number of benzene rings is 2. The van der Waals surface area contributed by atoms with E-state index in [0.29, 0.717) is 30.8 Å². The molecule has 1 aliphatic rings. The molecule has 2 heterocycles. The van der Waals surface area contributed by atoms with Crippen LogP contribution in [0, 0.1) is 11.6 Å². The first-order valence-electron chi connectivity index (χ1n) is 11.2. The van der Waals surface area contributed by atoms with Crippen molar-refractivity contribution in [3.8, 4) is 5.75 Å². The molecule has 5 nitrogen and oxygen atoms in total. The molecule has 0 saturated heterocycles. The molecule has 0 N–H and O–H groups in total. The predicted octanol–water partition coefficient (Wildman–Crippen LogP) is 5.08. The van der Waals surface area contributed by atoms with Crippen LogP contribution in [0.3, 0.4) is 0 Å². The van der Waals surface area contributed by atoms with Crippen LogP contribution in [0.5, 0.6) is 5.75 Å². The predicted molar refractivity (Wildman–Crippen MR) is 127 cm³/mol. The van der Waals surface area contributed by atoms with Gasteiger partial charge in [-0.3, -0.25) is 9.59 Å². The Hall–Kier alpha value is -3.26. The number of carbonyl (C=O) groups excluding carboxylic acids is 2. The molecule has 0 bridgehead atoms. The van der Waals surface area contributed by atoms with Gasteiger partial charge in [-0.2, -0.15) is 0 Å². The highest BCUT2D eigenvalue weighted by Gasteiger charge is 2.33. The number of carbonyl (C=O) groups is 2. The summed E-state index contributed by atoms with van der Waals surface area (Å²) in [6.07, 6.45) is 1.41. The maximum absolute atomic E-state index is 13.6. The largest absolute Gasteiger partial charge is 0.491 e. The Kier molecular flexibility index (Phi) is 7.57. The van der Waals surface area contributed by atoms with E-state index in [0.717, 1.165) is 12.0 Å². The number of hydrogen-bond donors (Lipinski definition) is 0. The van der Waals surface area contributed by atoms with Gasteiger partial charge >= 0.3 is 0 Å². The summed E-state index contributed by atoms with van der Waals surface area (Å²) in [4.78, 5) is 30.9. The summed E-state index contributed by atoms with van der Waals surface area (Å²) in [6.45, 7) is 2.94. The molecular weight excluding hydrogens is 458 g/mol. The van der Waals surface area contributed by atoms with Crippen molar-refractivity contribution in [1.82, 2.24) is 9.80 Å². The first-order chi connectivity index (χ1) is 16.5. The molecule has 178 valence electrons. The van der Waals surface area contributed by atoms with Gasteiger partial charge in [-0.05, 0) is 66.2 Å². The zero-order valence-corrected chi connectivity index (χ0v) is 19.7. The van der Waals surface area contributed by atoms with E-state index >= 15 is 0 Å². The van der Waals surface area contributed by atoms with Crippen LogP contribution in [0.15, 0.2) is 60.0 Å². The van der Waals surface area contributed by atoms with Crippen molar-refractivity contribution in [2.75, 3.05) is 26.2 Å². The smallest absolute Gasteiger partial charge is 0.254 e. The van der Waals surface area contributed by atoms with Gasteiger partial charge in [-0.25, -0.2) is 8.78 Å². The van der Waals surface area contributed by atoms with Gasteiger partial charge in [-0.15, -0.1) is 11.3 Å². The van der Waals surface area contributed by atoms with Gasteiger partial charge in [0.1, 0.15) is 30.5 Å². The van der Waals surface area contributed by atoms with Crippen LogP contribution in [-0.2, 0) is 11.2 Å². The highest BCUT2D eigenvalue weighted by Crippen LogP contribution is 2.34. The number of rotatable bonds is 8. The Labute approximate surface area is 201 Å². The van der Waals surface area contributed by atoms with Gasteiger partial charge < -0.3 is 14.5 Å². The molecule has 0 unspecified atom stereocenters. The normalized spacial score (nSPS) is 15.0. The second-order valence-corrected chi connectivity index (χ2v) is 9.15. The average Bonchev–Trinajstić information content (AvgIpc) is 3.31. The molecule has 1 aliphatic heterocycles. The van der Waals surface area contributed by atoms with Crippen molar-refractivity contribution in [3.05, 3.63) is 87.6 Å². The lowest BCUT2D eigenvalue weighted by molar-refractivity contribution is -0.135. The lowest BCUT2D eigenvalue weighted by Crippen LogP contribution is -2.48. The van der Waals surface area contributed by atoms with Crippen LogP contribution in [0.4, 0.5) is 8.78 Å². The standard InChI is InChI=1S/C26H26F2N2O3S/c1-2-12-29(26(32)18-6-8-19(27)9-7-18)16-25(31)30-13-10-24-22(11-14-34-24)23(30)17-33-21-5-3-4-20(28)15-21/h3-9,11,14-15,23H,2,10,12-13,16-17H2,1H3/t23-/m1/s1. The lowest BCUT2D eigenvalue weighted by Gasteiger charge is -2.37. The summed E-state index contributed by atoms with van der Waals surface area (Å²) in [5, 5.41) is 2.00. The molecule has 1 atom stereocenters. The van der Waals surface area contributed by atoms with E-state index in [1.807, 2.05) is 18.4 Å². The van der Waals surface area contributed by atoms with Crippen molar-refractivity contribution < 1.29 is 23.1 Å². The molecule has 8 heteroatoms. The molecule has 0 spiro atoms. The van der Waals surface area contributed by atoms with Crippen molar-refractivity contribution in [3.63, 3.8) is 0 Å². The van der Waals surface area contributed by atoms with E-state index in [-0.39, 0.29) is 36.8 Å². The van der Waals surface area contributed by atoms with E-state index in [1.54, 1.807) is 28.4 Å². The van der Waals surface area contributed by atoms with Crippen LogP contribution in [0.25, 0.3) is 0 Å². The summed E-state index contributed by atoms with van der Waals surface area (Å²) in [5.74, 6) is -0.908. The molecule has 2 amide bonds. The molecule has 2 aromatic carbocycles. The van der Waals surface area contributed by atoms with Gasteiger partial charge in [0, 0.05) is 29.6 Å². The van der Waals surface area contributed by atoms with Crippen LogP contribution in [-0.4, -0.2) is 47.9 Å². The zero-order valence-electron chi connectivity index (χ0n) is 18.9. The molecule has 0 radical (unpaired) electrons. The number of halogens is 2. The number of thiophene rings is 1. The minimum atomic E-state index is -0.421. The summed E-state index contributed by atoms with van der Waals surface area (Å²) in [5.41, 5.74) is 1.36. The summed E-state index contributed by atoms with van der Waals surface area (Å²) in [7, 11) is 0. The van der Waals surface area contributed by atoms with Crippen LogP contribution in [0.2, 0.25) is 0 Å². The van der Waals surface area contributed by atoms with E-state index in [2.05, 4.69) is 0 Å². The van der Waals surface area contributed by atoms with Crippen molar-refractivity contribution in [2.24, 2.45) is 0 Å². The van der Waals surface area contributed by atoms with Gasteiger partial charge in [0.15, 0.2) is 0 Å². The van der Waals surface area contributed by atoms with E-state index < -0.39 is 5.82 Å². The maximum atomic E-state index is 13.6. The van der Waals surface area contributed by atoms with Gasteiger partial charge in [0.2, 0.25) is 5.91 Å². The van der Waals surface area contributed by atoms with Gasteiger partial charge in [0.25, 0.3) is 5.91 Å². The Balaban J connectivity index is 1.51. The maximum Gasteiger partial charge on any atom is 0.254 e. The second kappa shape index (κ2) is 10.8. The van der Waals surface area contributed by atoms with Crippen LogP contribution < -0.4 is 4.74 Å². The first-order valence-corrected chi connectivity index (χ1v) is 12.1. The Morgan fingerprint density at radius 1 is 1.12 bits per heavy atom. The van der Waals surface area contributed by atoms with Crippen LogP contribution >= 0.6 is 11.3 Å². The minimum Gasteiger partial charge on any atom is -0.491 e. The van der Waals surface area contributed by atoms with Gasteiger partial charge in [-0.1, -0.05) is 13.0 Å². The number of hydrogen-bond acceptors (Lipinski definition) is 4. The molecule has 1 aromatic heterocycles. The monoisotopic (exact) mass is 484 g/mol. The van der Waals surface area contributed by atoms with E-state index in [1.165, 1.54) is 46.2 Å². The quantitative estimate of drug-likeness (QED) is 0.448. The zero-order chi connectivity index (χ0) is 24.1. The van der Waals surface area contributed by atoms with Crippen molar-refractivity contribution >= 4 is 23.2 Å². The third-order valence-electron chi connectivity index (χ3n) is 5.82. The third-order valence-corrected chi connectivity index (χ3v) is 6.81. The van der Waals surface area contributed by atoms with Crippen molar-refractivity contribution in [1.29, 1.82) is 0 Å². The second-order valence-electron chi connectivity index (χ2n) is 8.15. The molecule has 0 saturated carbocycles. The summed E-state index contributed by atoms with van der Waals surface area (Å²) in [6, 6.07) is 12.9. The fraction of sp³-hybridized carbons (Fsp3) is 0.308. The molecule has 0 fully saturated rings. The Morgan fingerprint density at radius 2 is 1.91 bits per heavy atom. The van der Waals surface area contributed by atoms with Gasteiger partial charge in [0.05, 0.1) is 6.04 Å². The van der Waals surface area contributed by atoms with E-state index in [4.69, 9.17) is 4.74 Å². The fourth-order valence-corrected chi connectivity index (χ4v) is 5.09. The molecule has 3 aromatic rings. The van der Waals surface area contributed by atoms with Crippen molar-refractivity contribution in [2.45, 2.75) is 25.8 Å². The number of amides is 2. The number of nitrogens with zero attached hydrogens (tertiary/aromatic N) is 2. The third kappa shape index (κ3) is 5.44. The molecular formula is C26H26F2N2O3S. The lowest BCUT2D eigenvalue weighted by atomic mass is 10.0. The summed E-state index contributed by atoms with van der Waals surface area (Å²) < 4.78 is 32.7. The van der Waals surface area contributed by atoms with E-state index in [9.17, 15) is 18.4 Å². The highest BCUT2D eigenvalue weighted by molar-refractivity contribution is 7.10. The molecule has 0 aliphatic carbocycles. The number of ether oxygens (including phenoxy) is 1. The Morgan fingerprint density at radius 3 is 2.65 bits per heavy atom. The average molecular weight is 485 g/mol. The topological polar surface area (TPSA) is 49.9 Å². The summed E-state index contributed by atoms with van der Waals surface area (Å²) >= 11 is 1.64. The molecule has 4 rings (SSSR count). The molecule has 34 heavy (non-hydrogen) atoms. The Bertz CT molecular complexity index is 1150. The fourth-order valence-electron chi connectivity index (χ4n) is 4.16. The highest BCUT2D eigenvalue weighted by atomic mass is 32.1. The number of fused-ring (bicyclic) bond motifs is 1. The van der Waals surface area contributed by atoms with Crippen LogP contribution in [0.1, 0.15) is 40.2 Å². The first kappa shape index (κ1) is 23.9.